The first kappa shape index (κ1) is 15.0. The molecule has 1 aliphatic rings. The quantitative estimate of drug-likeness (QED) is 0.747. The number of amides is 1. The van der Waals surface area contributed by atoms with Crippen LogP contribution in [0, 0.1) is 11.3 Å². The van der Waals surface area contributed by atoms with E-state index in [9.17, 15) is 9.59 Å². The first-order valence-corrected chi connectivity index (χ1v) is 6.44. The van der Waals surface area contributed by atoms with Crippen LogP contribution in [0.25, 0.3) is 0 Å². The summed E-state index contributed by atoms with van der Waals surface area (Å²) in [5.41, 5.74) is -0.594. The molecule has 2 N–H and O–H groups in total. The number of aliphatic carboxylic acids is 1. The van der Waals surface area contributed by atoms with Crippen molar-refractivity contribution in [3.63, 3.8) is 0 Å². The molecule has 1 saturated heterocycles. The molecular weight excluding hydrogens is 234 g/mol. The van der Waals surface area contributed by atoms with Gasteiger partial charge in [0.05, 0.1) is 6.10 Å². The second-order valence-corrected chi connectivity index (χ2v) is 5.87. The van der Waals surface area contributed by atoms with Gasteiger partial charge in [-0.3, -0.25) is 9.59 Å². The summed E-state index contributed by atoms with van der Waals surface area (Å²) < 4.78 is 5.49. The Labute approximate surface area is 108 Å². The minimum Gasteiger partial charge on any atom is -0.481 e. The van der Waals surface area contributed by atoms with Crippen molar-refractivity contribution in [2.45, 2.75) is 46.1 Å². The maximum Gasteiger partial charge on any atom is 0.316 e. The molecule has 1 amide bonds. The van der Waals surface area contributed by atoms with E-state index in [2.05, 4.69) is 5.32 Å². The monoisotopic (exact) mass is 257 g/mol. The standard InChI is InChI=1S/C13H23NO4/c1-13(2,3)10(12(16)17)11(15)14-8-9-6-4-5-7-18-9/h9-10H,4-8H2,1-3H3,(H,14,15)(H,16,17). The van der Waals surface area contributed by atoms with Crippen LogP contribution in [0.5, 0.6) is 0 Å². The molecule has 104 valence electrons. The molecule has 5 nitrogen and oxygen atoms in total. The fourth-order valence-electron chi connectivity index (χ4n) is 2.16. The number of carbonyl (C=O) groups excluding carboxylic acids is 1. The van der Waals surface area contributed by atoms with Crippen LogP contribution in [0.2, 0.25) is 0 Å². The zero-order valence-electron chi connectivity index (χ0n) is 11.4. The van der Waals surface area contributed by atoms with E-state index >= 15 is 0 Å². The summed E-state index contributed by atoms with van der Waals surface area (Å²) in [6, 6.07) is 0. The van der Waals surface area contributed by atoms with Gasteiger partial charge >= 0.3 is 5.97 Å². The molecular formula is C13H23NO4. The summed E-state index contributed by atoms with van der Waals surface area (Å²) in [5, 5.41) is 11.8. The minimum absolute atomic E-state index is 0.0251. The summed E-state index contributed by atoms with van der Waals surface area (Å²) >= 11 is 0. The van der Waals surface area contributed by atoms with Gasteiger partial charge in [0, 0.05) is 13.2 Å². The molecule has 18 heavy (non-hydrogen) atoms. The fourth-order valence-corrected chi connectivity index (χ4v) is 2.16. The molecule has 1 aliphatic heterocycles. The molecule has 0 saturated carbocycles. The van der Waals surface area contributed by atoms with Crippen molar-refractivity contribution in [1.29, 1.82) is 0 Å². The predicted octanol–water partition coefficient (Wildman–Crippen LogP) is 1.42. The number of carboxylic acids is 1. The first-order valence-electron chi connectivity index (χ1n) is 6.44. The van der Waals surface area contributed by atoms with Crippen molar-refractivity contribution < 1.29 is 19.4 Å². The molecule has 0 aromatic rings. The number of ether oxygens (including phenoxy) is 1. The molecule has 0 aliphatic carbocycles. The Hall–Kier alpha value is -1.10. The SMILES string of the molecule is CC(C)(C)C(C(=O)O)C(=O)NCC1CCCCO1. The summed E-state index contributed by atoms with van der Waals surface area (Å²) in [5.74, 6) is -2.53. The smallest absolute Gasteiger partial charge is 0.316 e. The van der Waals surface area contributed by atoms with Crippen molar-refractivity contribution in [3.05, 3.63) is 0 Å². The van der Waals surface area contributed by atoms with Crippen LogP contribution in [0.1, 0.15) is 40.0 Å². The highest BCUT2D eigenvalue weighted by Gasteiger charge is 2.37. The van der Waals surface area contributed by atoms with Crippen LogP contribution in [0.4, 0.5) is 0 Å². The Kier molecular flexibility index (Phi) is 5.14. The number of hydrogen-bond donors (Lipinski definition) is 2. The average Bonchev–Trinajstić information content (AvgIpc) is 2.25. The average molecular weight is 257 g/mol. The van der Waals surface area contributed by atoms with Crippen LogP contribution < -0.4 is 5.32 Å². The Bertz CT molecular complexity index is 303. The van der Waals surface area contributed by atoms with E-state index < -0.39 is 23.2 Å². The van der Waals surface area contributed by atoms with E-state index in [1.165, 1.54) is 0 Å². The predicted molar refractivity (Wildman–Crippen MR) is 67.2 cm³/mol. The number of rotatable bonds is 4. The Balaban J connectivity index is 2.49. The second-order valence-electron chi connectivity index (χ2n) is 5.87. The number of carbonyl (C=O) groups is 2. The van der Waals surface area contributed by atoms with E-state index in [4.69, 9.17) is 9.84 Å². The molecule has 0 bridgehead atoms. The molecule has 1 fully saturated rings. The van der Waals surface area contributed by atoms with Crippen LogP contribution in [-0.2, 0) is 14.3 Å². The minimum atomic E-state index is -1.08. The van der Waals surface area contributed by atoms with Crippen molar-refractivity contribution in [1.82, 2.24) is 5.32 Å². The number of nitrogens with one attached hydrogen (secondary N) is 1. The molecule has 0 radical (unpaired) electrons. The highest BCUT2D eigenvalue weighted by atomic mass is 16.5. The molecule has 1 rings (SSSR count). The van der Waals surface area contributed by atoms with Gasteiger partial charge in [0.15, 0.2) is 0 Å². The lowest BCUT2D eigenvalue weighted by Crippen LogP contribution is -2.45. The van der Waals surface area contributed by atoms with E-state index in [0.29, 0.717) is 6.54 Å². The van der Waals surface area contributed by atoms with Gasteiger partial charge in [-0.1, -0.05) is 20.8 Å². The number of hydrogen-bond acceptors (Lipinski definition) is 3. The van der Waals surface area contributed by atoms with Crippen LogP contribution >= 0.6 is 0 Å². The zero-order chi connectivity index (χ0) is 13.8. The van der Waals surface area contributed by atoms with E-state index in [-0.39, 0.29) is 6.10 Å². The van der Waals surface area contributed by atoms with Crippen LogP contribution in [0.15, 0.2) is 0 Å². The summed E-state index contributed by atoms with van der Waals surface area (Å²) in [6.45, 7) is 6.38. The van der Waals surface area contributed by atoms with Gasteiger partial charge in [-0.05, 0) is 24.7 Å². The third-order valence-electron chi connectivity index (χ3n) is 3.15. The van der Waals surface area contributed by atoms with Crippen molar-refractivity contribution >= 4 is 11.9 Å². The highest BCUT2D eigenvalue weighted by Crippen LogP contribution is 2.26. The van der Waals surface area contributed by atoms with E-state index in [1.807, 2.05) is 0 Å². The molecule has 2 atom stereocenters. The van der Waals surface area contributed by atoms with Crippen molar-refractivity contribution in [2.24, 2.45) is 11.3 Å². The molecule has 0 aromatic carbocycles. The van der Waals surface area contributed by atoms with Gasteiger partial charge in [-0.15, -0.1) is 0 Å². The maximum atomic E-state index is 11.9. The normalized spacial score (nSPS) is 22.3. The third kappa shape index (κ3) is 4.29. The molecule has 0 spiro atoms. The van der Waals surface area contributed by atoms with Gasteiger partial charge < -0.3 is 15.2 Å². The second kappa shape index (κ2) is 6.18. The van der Waals surface area contributed by atoms with Gasteiger partial charge in [-0.2, -0.15) is 0 Å². The summed E-state index contributed by atoms with van der Waals surface area (Å²) in [6.07, 6.45) is 3.11. The molecule has 0 aromatic heterocycles. The Morgan fingerprint density at radius 3 is 2.50 bits per heavy atom. The molecule has 2 unspecified atom stereocenters. The summed E-state index contributed by atoms with van der Waals surface area (Å²) in [7, 11) is 0. The number of carboxylic acid groups (broad SMARTS) is 1. The molecule has 5 heteroatoms. The fraction of sp³-hybridized carbons (Fsp3) is 0.846. The topological polar surface area (TPSA) is 75.6 Å². The van der Waals surface area contributed by atoms with Crippen LogP contribution in [0.3, 0.4) is 0 Å². The lowest BCUT2D eigenvalue weighted by Gasteiger charge is -2.28. The van der Waals surface area contributed by atoms with Crippen molar-refractivity contribution in [2.75, 3.05) is 13.2 Å². The van der Waals surface area contributed by atoms with Crippen molar-refractivity contribution in [3.8, 4) is 0 Å². The van der Waals surface area contributed by atoms with Gasteiger partial charge in [-0.25, -0.2) is 0 Å². The third-order valence-corrected chi connectivity index (χ3v) is 3.15. The Morgan fingerprint density at radius 1 is 1.39 bits per heavy atom. The van der Waals surface area contributed by atoms with Gasteiger partial charge in [0.1, 0.15) is 5.92 Å². The highest BCUT2D eigenvalue weighted by molar-refractivity contribution is 5.97. The lowest BCUT2D eigenvalue weighted by atomic mass is 9.80. The van der Waals surface area contributed by atoms with E-state index in [0.717, 1.165) is 25.9 Å². The first-order chi connectivity index (χ1) is 8.32. The molecule has 1 heterocycles. The van der Waals surface area contributed by atoms with Gasteiger partial charge in [0.2, 0.25) is 5.91 Å². The maximum absolute atomic E-state index is 11.9. The van der Waals surface area contributed by atoms with E-state index in [1.54, 1.807) is 20.8 Å². The van der Waals surface area contributed by atoms with Crippen LogP contribution in [-0.4, -0.2) is 36.2 Å². The van der Waals surface area contributed by atoms with Gasteiger partial charge in [0.25, 0.3) is 0 Å². The summed E-state index contributed by atoms with van der Waals surface area (Å²) in [4.78, 5) is 23.1. The Morgan fingerprint density at radius 2 is 2.06 bits per heavy atom. The lowest BCUT2D eigenvalue weighted by molar-refractivity contribution is -0.151. The zero-order valence-corrected chi connectivity index (χ0v) is 11.4. The largest absolute Gasteiger partial charge is 0.481 e.